The number of nitriles is 1. The van der Waals surface area contributed by atoms with Crippen molar-refractivity contribution < 1.29 is 4.39 Å². The van der Waals surface area contributed by atoms with Gasteiger partial charge in [0.1, 0.15) is 11.9 Å². The molecule has 1 aromatic heterocycles. The Morgan fingerprint density at radius 2 is 2.11 bits per heavy atom. The van der Waals surface area contributed by atoms with E-state index in [0.29, 0.717) is 15.6 Å². The summed E-state index contributed by atoms with van der Waals surface area (Å²) in [6.45, 7) is 0. The Morgan fingerprint density at radius 1 is 1.32 bits per heavy atom. The van der Waals surface area contributed by atoms with Gasteiger partial charge in [-0.2, -0.15) is 5.26 Å². The lowest BCUT2D eigenvalue weighted by Crippen LogP contribution is -1.88. The summed E-state index contributed by atoms with van der Waals surface area (Å²) in [6, 6.07) is 9.92. The minimum atomic E-state index is -0.431. The van der Waals surface area contributed by atoms with Crippen molar-refractivity contribution in [1.29, 1.82) is 5.26 Å². The van der Waals surface area contributed by atoms with Gasteiger partial charge in [-0.05, 0) is 39.7 Å². The van der Waals surface area contributed by atoms with Crippen LogP contribution in [0, 0.1) is 17.1 Å². The van der Waals surface area contributed by atoms with Gasteiger partial charge in [0.15, 0.2) is 0 Å². The standard InChI is InChI=1S/C14H7BrClFN2/c15-12-4-3-9(6-13(12)17)14(16)11(7-18)10-2-1-5-19-8-10/h1-6,8H/b14-11+. The van der Waals surface area contributed by atoms with Crippen LogP contribution >= 0.6 is 27.5 Å². The summed E-state index contributed by atoms with van der Waals surface area (Å²) in [7, 11) is 0. The maximum atomic E-state index is 13.5. The van der Waals surface area contributed by atoms with Crippen LogP contribution in [-0.2, 0) is 0 Å². The molecule has 94 valence electrons. The van der Waals surface area contributed by atoms with E-state index in [1.807, 2.05) is 6.07 Å². The summed E-state index contributed by atoms with van der Waals surface area (Å²) in [4.78, 5) is 3.94. The van der Waals surface area contributed by atoms with Crippen LogP contribution in [0.25, 0.3) is 10.6 Å². The topological polar surface area (TPSA) is 36.7 Å². The SMILES string of the molecule is N#C/C(=C(\Cl)c1ccc(Br)c(F)c1)c1cccnc1. The molecule has 0 N–H and O–H groups in total. The Bertz CT molecular complexity index is 678. The smallest absolute Gasteiger partial charge is 0.138 e. The van der Waals surface area contributed by atoms with E-state index in [1.54, 1.807) is 30.5 Å². The molecule has 2 aromatic rings. The largest absolute Gasteiger partial charge is 0.264 e. The van der Waals surface area contributed by atoms with Crippen molar-refractivity contribution in [2.45, 2.75) is 0 Å². The molecule has 0 radical (unpaired) electrons. The van der Waals surface area contributed by atoms with Gasteiger partial charge < -0.3 is 0 Å². The van der Waals surface area contributed by atoms with Gasteiger partial charge in [0.05, 0.1) is 15.1 Å². The summed E-state index contributed by atoms with van der Waals surface area (Å²) in [6.07, 6.45) is 3.14. The molecule has 19 heavy (non-hydrogen) atoms. The van der Waals surface area contributed by atoms with Gasteiger partial charge in [-0.15, -0.1) is 0 Å². The molecule has 0 amide bonds. The Kier molecular flexibility index (Phi) is 4.31. The number of nitrogens with zero attached hydrogens (tertiary/aromatic N) is 2. The molecule has 0 aliphatic rings. The van der Waals surface area contributed by atoms with Crippen molar-refractivity contribution in [2.75, 3.05) is 0 Å². The van der Waals surface area contributed by atoms with Crippen molar-refractivity contribution in [3.05, 3.63) is 64.1 Å². The lowest BCUT2D eigenvalue weighted by atomic mass is 10.1. The van der Waals surface area contributed by atoms with E-state index in [4.69, 9.17) is 11.6 Å². The van der Waals surface area contributed by atoms with Gasteiger partial charge in [0.25, 0.3) is 0 Å². The van der Waals surface area contributed by atoms with E-state index in [2.05, 4.69) is 20.9 Å². The highest BCUT2D eigenvalue weighted by Crippen LogP contribution is 2.30. The maximum absolute atomic E-state index is 13.5. The van der Waals surface area contributed by atoms with Crippen molar-refractivity contribution in [3.63, 3.8) is 0 Å². The van der Waals surface area contributed by atoms with E-state index in [0.717, 1.165) is 0 Å². The molecule has 0 aliphatic carbocycles. The van der Waals surface area contributed by atoms with Gasteiger partial charge in [0.2, 0.25) is 0 Å². The second kappa shape index (κ2) is 5.96. The lowest BCUT2D eigenvalue weighted by molar-refractivity contribution is 0.621. The van der Waals surface area contributed by atoms with Crippen LogP contribution in [0.5, 0.6) is 0 Å². The Morgan fingerprint density at radius 3 is 2.68 bits per heavy atom. The predicted octanol–water partition coefficient (Wildman–Crippen LogP) is 4.61. The quantitative estimate of drug-likeness (QED) is 0.750. The highest BCUT2D eigenvalue weighted by Gasteiger charge is 2.11. The number of hydrogen-bond acceptors (Lipinski definition) is 2. The molecule has 0 atom stereocenters. The molecule has 1 aromatic carbocycles. The average molecular weight is 338 g/mol. The second-order valence-electron chi connectivity index (χ2n) is 3.67. The molecule has 2 nitrogen and oxygen atoms in total. The third kappa shape index (κ3) is 3.01. The monoisotopic (exact) mass is 336 g/mol. The fraction of sp³-hybridized carbons (Fsp3) is 0. The van der Waals surface area contributed by atoms with Gasteiger partial charge in [-0.25, -0.2) is 4.39 Å². The van der Waals surface area contributed by atoms with E-state index < -0.39 is 5.82 Å². The first kappa shape index (κ1) is 13.7. The summed E-state index contributed by atoms with van der Waals surface area (Å²) >= 11 is 9.25. The highest BCUT2D eigenvalue weighted by atomic mass is 79.9. The van der Waals surface area contributed by atoms with Crippen LogP contribution in [0.3, 0.4) is 0 Å². The molecule has 5 heteroatoms. The van der Waals surface area contributed by atoms with Crippen LogP contribution in [0.4, 0.5) is 4.39 Å². The van der Waals surface area contributed by atoms with Gasteiger partial charge in [-0.1, -0.05) is 23.7 Å². The third-order valence-corrected chi connectivity index (χ3v) is 3.50. The molecule has 2 rings (SSSR count). The minimum Gasteiger partial charge on any atom is -0.264 e. The number of hydrogen-bond donors (Lipinski definition) is 0. The Balaban J connectivity index is 2.56. The molecule has 0 bridgehead atoms. The first-order valence-corrected chi connectivity index (χ1v) is 6.46. The van der Waals surface area contributed by atoms with Crippen molar-refractivity contribution in [3.8, 4) is 6.07 Å². The number of halogens is 3. The van der Waals surface area contributed by atoms with Crippen molar-refractivity contribution >= 4 is 38.1 Å². The fourth-order valence-electron chi connectivity index (χ4n) is 1.53. The average Bonchev–Trinajstić information content (AvgIpc) is 2.44. The third-order valence-electron chi connectivity index (χ3n) is 2.45. The van der Waals surface area contributed by atoms with Crippen LogP contribution in [0.2, 0.25) is 0 Å². The van der Waals surface area contributed by atoms with Crippen molar-refractivity contribution in [1.82, 2.24) is 4.98 Å². The minimum absolute atomic E-state index is 0.196. The molecule has 1 heterocycles. The van der Waals surface area contributed by atoms with Crippen LogP contribution in [0.1, 0.15) is 11.1 Å². The summed E-state index contributed by atoms with van der Waals surface area (Å²) in [5, 5.41) is 9.41. The van der Waals surface area contributed by atoms with Gasteiger partial charge in [0, 0.05) is 18.0 Å². The zero-order chi connectivity index (χ0) is 13.8. The molecular weight excluding hydrogens is 331 g/mol. The van der Waals surface area contributed by atoms with Crippen molar-refractivity contribution in [2.24, 2.45) is 0 Å². The summed E-state index contributed by atoms with van der Waals surface area (Å²) in [5.41, 5.74) is 1.30. The predicted molar refractivity (Wildman–Crippen MR) is 76.6 cm³/mol. The number of aromatic nitrogens is 1. The van der Waals surface area contributed by atoms with E-state index in [1.165, 1.54) is 12.3 Å². The number of pyridine rings is 1. The first-order chi connectivity index (χ1) is 9.13. The van der Waals surface area contributed by atoms with E-state index in [-0.39, 0.29) is 10.6 Å². The molecule has 0 saturated heterocycles. The molecule has 0 spiro atoms. The van der Waals surface area contributed by atoms with Gasteiger partial charge >= 0.3 is 0 Å². The first-order valence-electron chi connectivity index (χ1n) is 5.29. The Labute approximate surface area is 123 Å². The normalized spacial score (nSPS) is 11.7. The van der Waals surface area contributed by atoms with Crippen LogP contribution in [0.15, 0.2) is 47.2 Å². The van der Waals surface area contributed by atoms with E-state index in [9.17, 15) is 9.65 Å². The summed E-state index contributed by atoms with van der Waals surface area (Å²) < 4.78 is 13.8. The van der Waals surface area contributed by atoms with E-state index >= 15 is 0 Å². The fourth-order valence-corrected chi connectivity index (χ4v) is 2.04. The molecule has 0 saturated carbocycles. The lowest BCUT2D eigenvalue weighted by Gasteiger charge is -2.05. The van der Waals surface area contributed by atoms with Crippen LogP contribution in [-0.4, -0.2) is 4.98 Å². The number of rotatable bonds is 2. The highest BCUT2D eigenvalue weighted by molar-refractivity contribution is 9.10. The maximum Gasteiger partial charge on any atom is 0.138 e. The zero-order valence-corrected chi connectivity index (χ0v) is 11.9. The number of benzene rings is 1. The zero-order valence-electron chi connectivity index (χ0n) is 9.57. The van der Waals surface area contributed by atoms with Gasteiger partial charge in [-0.3, -0.25) is 4.98 Å². The Hall–Kier alpha value is -1.70. The summed E-state index contributed by atoms with van der Waals surface area (Å²) in [5.74, 6) is -0.431. The molecule has 0 aliphatic heterocycles. The molecular formula is C14H7BrClFN2. The second-order valence-corrected chi connectivity index (χ2v) is 4.90. The van der Waals surface area contributed by atoms with Crippen LogP contribution < -0.4 is 0 Å². The number of allylic oxidation sites excluding steroid dienone is 1. The molecule has 0 unspecified atom stereocenters. The molecule has 0 fully saturated rings.